The maximum absolute atomic E-state index is 4.09. The predicted molar refractivity (Wildman–Crippen MR) is 43.6 cm³/mol. The molecular formula is C7H8N4. The van der Waals surface area contributed by atoms with Crippen molar-refractivity contribution in [2.45, 2.75) is 0 Å². The van der Waals surface area contributed by atoms with Crippen LogP contribution in [-0.2, 0) is 0 Å². The minimum absolute atomic E-state index is 0.643. The summed E-state index contributed by atoms with van der Waals surface area (Å²) >= 11 is 0. The Hall–Kier alpha value is -1.58. The summed E-state index contributed by atoms with van der Waals surface area (Å²) < 4.78 is 0. The molecule has 0 spiro atoms. The van der Waals surface area contributed by atoms with Gasteiger partial charge in [0.15, 0.2) is 0 Å². The number of imidazole rings is 1. The van der Waals surface area contributed by atoms with Gasteiger partial charge in [-0.3, -0.25) is 9.89 Å². The maximum Gasteiger partial charge on any atom is 0.208 e. The molecule has 2 heterocycles. The van der Waals surface area contributed by atoms with Gasteiger partial charge >= 0.3 is 0 Å². The number of aromatic amines is 1. The van der Waals surface area contributed by atoms with Crippen LogP contribution in [0.4, 0.5) is 5.95 Å². The summed E-state index contributed by atoms with van der Waals surface area (Å²) in [6.45, 7) is 0.643. The second-order valence-electron chi connectivity index (χ2n) is 2.20. The molecule has 0 unspecified atom stereocenters. The molecule has 0 saturated carbocycles. The fraction of sp³-hybridized carbons (Fsp3) is 0.143. The number of H-pyrrole nitrogens is 1. The fourth-order valence-electron chi connectivity index (χ4n) is 0.937. The van der Waals surface area contributed by atoms with Crippen LogP contribution in [-0.4, -0.2) is 22.9 Å². The smallest absolute Gasteiger partial charge is 0.208 e. The zero-order valence-electron chi connectivity index (χ0n) is 5.94. The molecule has 56 valence electrons. The summed E-state index contributed by atoms with van der Waals surface area (Å²) in [5, 5.41) is 0. The van der Waals surface area contributed by atoms with Gasteiger partial charge in [0.25, 0.3) is 0 Å². The van der Waals surface area contributed by atoms with Crippen molar-refractivity contribution in [1.82, 2.24) is 9.97 Å². The molecule has 0 aromatic carbocycles. The molecule has 4 nitrogen and oxygen atoms in total. The highest BCUT2D eigenvalue weighted by atomic mass is 15.3. The molecule has 1 aliphatic rings. The molecule has 0 aliphatic carbocycles. The first-order chi connectivity index (χ1) is 5.47. The largest absolute Gasteiger partial charge is 0.331 e. The Morgan fingerprint density at radius 1 is 1.55 bits per heavy atom. The van der Waals surface area contributed by atoms with Gasteiger partial charge in [-0.1, -0.05) is 0 Å². The van der Waals surface area contributed by atoms with E-state index in [0.717, 1.165) is 5.95 Å². The molecule has 0 saturated heterocycles. The minimum atomic E-state index is 0.643. The van der Waals surface area contributed by atoms with E-state index in [4.69, 9.17) is 0 Å². The Morgan fingerprint density at radius 2 is 2.55 bits per heavy atom. The average molecular weight is 148 g/mol. The molecular weight excluding hydrogens is 140 g/mol. The summed E-state index contributed by atoms with van der Waals surface area (Å²) in [6.07, 6.45) is 9.11. The van der Waals surface area contributed by atoms with Crippen molar-refractivity contribution in [1.29, 1.82) is 0 Å². The molecule has 1 aromatic rings. The molecule has 0 amide bonds. The normalized spacial score (nSPS) is 15.8. The van der Waals surface area contributed by atoms with Crippen LogP contribution < -0.4 is 4.90 Å². The molecule has 1 N–H and O–H groups in total. The van der Waals surface area contributed by atoms with Crippen molar-refractivity contribution in [3.8, 4) is 0 Å². The van der Waals surface area contributed by atoms with Crippen LogP contribution in [0, 0.1) is 0 Å². The highest BCUT2D eigenvalue weighted by Gasteiger charge is 2.03. The van der Waals surface area contributed by atoms with Gasteiger partial charge in [-0.05, 0) is 6.08 Å². The van der Waals surface area contributed by atoms with E-state index in [0.29, 0.717) is 6.67 Å². The second kappa shape index (κ2) is 2.57. The molecule has 0 bridgehead atoms. The zero-order valence-corrected chi connectivity index (χ0v) is 5.94. The van der Waals surface area contributed by atoms with Crippen LogP contribution in [0.25, 0.3) is 0 Å². The van der Waals surface area contributed by atoms with Gasteiger partial charge in [-0.25, -0.2) is 4.98 Å². The van der Waals surface area contributed by atoms with Gasteiger partial charge in [0.1, 0.15) is 6.67 Å². The van der Waals surface area contributed by atoms with Gasteiger partial charge in [-0.15, -0.1) is 0 Å². The van der Waals surface area contributed by atoms with E-state index in [1.165, 1.54) is 0 Å². The molecule has 2 rings (SSSR count). The third-order valence-corrected chi connectivity index (χ3v) is 1.45. The number of rotatable bonds is 1. The number of hydrogen-bond acceptors (Lipinski definition) is 3. The lowest BCUT2D eigenvalue weighted by Gasteiger charge is -2.15. The van der Waals surface area contributed by atoms with Gasteiger partial charge in [-0.2, -0.15) is 0 Å². The third-order valence-electron chi connectivity index (χ3n) is 1.45. The molecule has 0 atom stereocenters. The van der Waals surface area contributed by atoms with Crippen LogP contribution in [0.1, 0.15) is 0 Å². The van der Waals surface area contributed by atoms with E-state index in [-0.39, 0.29) is 0 Å². The quantitative estimate of drug-likeness (QED) is 0.639. The van der Waals surface area contributed by atoms with Gasteiger partial charge < -0.3 is 4.98 Å². The molecule has 0 radical (unpaired) electrons. The van der Waals surface area contributed by atoms with E-state index in [1.807, 2.05) is 17.2 Å². The topological polar surface area (TPSA) is 44.3 Å². The summed E-state index contributed by atoms with van der Waals surface area (Å²) in [6, 6.07) is 0. The number of anilines is 1. The third kappa shape index (κ3) is 1.14. The van der Waals surface area contributed by atoms with Crippen LogP contribution in [0.2, 0.25) is 0 Å². The summed E-state index contributed by atoms with van der Waals surface area (Å²) in [5.41, 5.74) is 0. The molecule has 11 heavy (non-hydrogen) atoms. The Bertz CT molecular complexity index is 273. The summed E-state index contributed by atoms with van der Waals surface area (Å²) in [4.78, 5) is 13.1. The first-order valence-electron chi connectivity index (χ1n) is 3.39. The SMILES string of the molecule is C1=CN(c2ncc[nH]2)CN=C1. The van der Waals surface area contributed by atoms with Crippen LogP contribution >= 0.6 is 0 Å². The van der Waals surface area contributed by atoms with Crippen molar-refractivity contribution in [2.75, 3.05) is 11.6 Å². The van der Waals surface area contributed by atoms with Crippen molar-refractivity contribution in [3.63, 3.8) is 0 Å². The first kappa shape index (κ1) is 6.15. The van der Waals surface area contributed by atoms with Gasteiger partial charge in [0, 0.05) is 24.8 Å². The lowest BCUT2D eigenvalue weighted by molar-refractivity contribution is 0.927. The van der Waals surface area contributed by atoms with Crippen molar-refractivity contribution in [3.05, 3.63) is 24.7 Å². The number of aliphatic imine (C=N–C) groups is 1. The second-order valence-corrected chi connectivity index (χ2v) is 2.20. The Labute approximate surface area is 64.3 Å². The Kier molecular flexibility index (Phi) is 1.44. The fourth-order valence-corrected chi connectivity index (χ4v) is 0.937. The monoisotopic (exact) mass is 148 g/mol. The number of allylic oxidation sites excluding steroid dienone is 1. The standard InChI is InChI=1S/C7H8N4/c1-2-8-6-11(5-1)7-9-3-4-10-7/h1-5H,6H2,(H,9,10). The van der Waals surface area contributed by atoms with Crippen molar-refractivity contribution < 1.29 is 0 Å². The van der Waals surface area contributed by atoms with Crippen LogP contribution in [0.5, 0.6) is 0 Å². The van der Waals surface area contributed by atoms with Crippen LogP contribution in [0.3, 0.4) is 0 Å². The van der Waals surface area contributed by atoms with Crippen molar-refractivity contribution in [2.24, 2.45) is 4.99 Å². The number of nitrogens with one attached hydrogen (secondary N) is 1. The van der Waals surface area contributed by atoms with Gasteiger partial charge in [0.05, 0.1) is 0 Å². The number of hydrogen-bond donors (Lipinski definition) is 1. The molecule has 1 aromatic heterocycles. The number of nitrogens with zero attached hydrogens (tertiary/aromatic N) is 3. The van der Waals surface area contributed by atoms with Crippen LogP contribution in [0.15, 0.2) is 29.7 Å². The van der Waals surface area contributed by atoms with E-state index in [2.05, 4.69) is 15.0 Å². The maximum atomic E-state index is 4.09. The van der Waals surface area contributed by atoms with E-state index in [1.54, 1.807) is 18.6 Å². The number of aromatic nitrogens is 2. The summed E-state index contributed by atoms with van der Waals surface area (Å²) in [5.74, 6) is 0.832. The van der Waals surface area contributed by atoms with E-state index in [9.17, 15) is 0 Å². The average Bonchev–Trinajstić information content (AvgIpc) is 2.58. The molecule has 1 aliphatic heterocycles. The lowest BCUT2D eigenvalue weighted by Crippen LogP contribution is -2.19. The predicted octanol–water partition coefficient (Wildman–Crippen LogP) is 0.772. The van der Waals surface area contributed by atoms with E-state index < -0.39 is 0 Å². The first-order valence-corrected chi connectivity index (χ1v) is 3.39. The molecule has 4 heteroatoms. The molecule has 0 fully saturated rings. The highest BCUT2D eigenvalue weighted by molar-refractivity contribution is 5.73. The van der Waals surface area contributed by atoms with Crippen molar-refractivity contribution >= 4 is 12.2 Å². The van der Waals surface area contributed by atoms with Gasteiger partial charge in [0.2, 0.25) is 5.95 Å². The Morgan fingerprint density at radius 3 is 3.18 bits per heavy atom. The summed E-state index contributed by atoms with van der Waals surface area (Å²) in [7, 11) is 0. The van der Waals surface area contributed by atoms with E-state index >= 15 is 0 Å². The Balaban J connectivity index is 2.19. The zero-order chi connectivity index (χ0) is 7.52. The minimum Gasteiger partial charge on any atom is -0.331 e. The lowest BCUT2D eigenvalue weighted by atomic mass is 10.5. The highest BCUT2D eigenvalue weighted by Crippen LogP contribution is 2.07.